The predicted octanol–water partition coefficient (Wildman–Crippen LogP) is 6.66. The van der Waals surface area contributed by atoms with Gasteiger partial charge in [0.15, 0.2) is 0 Å². The Labute approximate surface area is 292 Å². The number of nitrogens with one attached hydrogen (secondary N) is 2. The molecule has 0 aliphatic carbocycles. The highest BCUT2D eigenvalue weighted by Crippen LogP contribution is 2.23. The molecule has 1 fully saturated rings. The van der Waals surface area contributed by atoms with Crippen molar-refractivity contribution in [2.45, 2.75) is 124 Å². The van der Waals surface area contributed by atoms with Crippen LogP contribution in [0.1, 0.15) is 103 Å². The molecule has 2 N–H and O–H groups in total. The number of carbonyl (C=O) groups is 4. The van der Waals surface area contributed by atoms with Crippen molar-refractivity contribution in [2.75, 3.05) is 19.7 Å². The van der Waals surface area contributed by atoms with Crippen molar-refractivity contribution in [3.8, 4) is 5.75 Å². The molecule has 270 valence electrons. The van der Waals surface area contributed by atoms with Gasteiger partial charge in [-0.05, 0) is 122 Å². The summed E-state index contributed by atoms with van der Waals surface area (Å²) < 4.78 is 17.0. The molecule has 0 bridgehead atoms. The van der Waals surface area contributed by atoms with Crippen molar-refractivity contribution in [3.63, 3.8) is 0 Å². The first-order chi connectivity index (χ1) is 23.1. The number of nitrogens with zero attached hydrogens (tertiary/aromatic N) is 1. The van der Waals surface area contributed by atoms with E-state index in [9.17, 15) is 19.2 Å². The Morgan fingerprint density at radius 2 is 1.65 bits per heavy atom. The second-order valence-electron chi connectivity index (χ2n) is 15.0. The van der Waals surface area contributed by atoms with E-state index in [4.69, 9.17) is 14.2 Å². The van der Waals surface area contributed by atoms with E-state index < -0.39 is 17.2 Å². The van der Waals surface area contributed by atoms with Crippen LogP contribution in [-0.2, 0) is 36.8 Å². The number of ether oxygens (including phenoxy) is 3. The molecule has 1 saturated heterocycles. The number of hydrogen-bond donors (Lipinski definition) is 2. The lowest BCUT2D eigenvalue weighted by Crippen LogP contribution is -2.46. The first kappa shape index (κ1) is 39.4. The van der Waals surface area contributed by atoms with E-state index in [-0.39, 0.29) is 43.3 Å². The summed E-state index contributed by atoms with van der Waals surface area (Å²) in [5.74, 6) is 0.156. The Bertz CT molecular complexity index is 1380. The monoisotopic (exact) mass is 679 g/mol. The van der Waals surface area contributed by atoms with Gasteiger partial charge in [-0.15, -0.1) is 0 Å². The largest absolute Gasteiger partial charge is 0.494 e. The Morgan fingerprint density at radius 3 is 2.35 bits per heavy atom. The average molecular weight is 680 g/mol. The molecule has 2 atom stereocenters. The van der Waals surface area contributed by atoms with E-state index in [1.54, 1.807) is 25.7 Å². The summed E-state index contributed by atoms with van der Waals surface area (Å²) in [5.41, 5.74) is 1.92. The summed E-state index contributed by atoms with van der Waals surface area (Å²) in [6, 6.07) is 14.9. The Morgan fingerprint density at radius 1 is 0.939 bits per heavy atom. The molecule has 1 aliphatic heterocycles. The number of likely N-dealkylation sites (tertiary alicyclic amines) is 1. The Balaban J connectivity index is 1.53. The van der Waals surface area contributed by atoms with E-state index in [2.05, 4.69) is 10.6 Å². The number of esters is 1. The molecule has 2 aromatic carbocycles. The number of aryl methyl sites for hydroxylation is 2. The quantitative estimate of drug-likeness (QED) is 0.202. The molecule has 3 rings (SSSR count). The molecular weight excluding hydrogens is 622 g/mol. The van der Waals surface area contributed by atoms with Crippen LogP contribution in [0.15, 0.2) is 48.5 Å². The summed E-state index contributed by atoms with van der Waals surface area (Å²) in [6.45, 7) is 15.2. The molecule has 0 radical (unpaired) electrons. The lowest BCUT2D eigenvalue weighted by Gasteiger charge is -2.34. The van der Waals surface area contributed by atoms with Crippen LogP contribution in [-0.4, -0.2) is 65.7 Å². The molecule has 3 amide bonds. The first-order valence-electron chi connectivity index (χ1n) is 17.6. The van der Waals surface area contributed by atoms with E-state index in [1.165, 1.54) is 0 Å². The Hall–Kier alpha value is -4.08. The molecule has 1 aliphatic rings. The minimum atomic E-state index is -0.732. The van der Waals surface area contributed by atoms with Gasteiger partial charge in [0.2, 0.25) is 11.8 Å². The molecule has 0 aromatic heterocycles. The summed E-state index contributed by atoms with van der Waals surface area (Å²) in [6.07, 6.45) is 4.18. The van der Waals surface area contributed by atoms with Crippen LogP contribution >= 0.6 is 0 Å². The number of benzene rings is 2. The topological polar surface area (TPSA) is 123 Å². The maximum absolute atomic E-state index is 13.4. The van der Waals surface area contributed by atoms with Gasteiger partial charge in [-0.3, -0.25) is 14.4 Å². The molecule has 1 heterocycles. The van der Waals surface area contributed by atoms with Gasteiger partial charge in [0.1, 0.15) is 23.0 Å². The van der Waals surface area contributed by atoms with Crippen LogP contribution < -0.4 is 15.4 Å². The highest BCUT2D eigenvalue weighted by molar-refractivity contribution is 5.87. The first-order valence-corrected chi connectivity index (χ1v) is 17.6. The Kier molecular flexibility index (Phi) is 15.0. The smallest absolute Gasteiger partial charge is 0.410 e. The van der Waals surface area contributed by atoms with Gasteiger partial charge in [-0.25, -0.2) is 4.79 Å². The maximum atomic E-state index is 13.4. The zero-order valence-corrected chi connectivity index (χ0v) is 30.6. The van der Waals surface area contributed by atoms with Crippen LogP contribution in [0.3, 0.4) is 0 Å². The van der Waals surface area contributed by atoms with Gasteiger partial charge < -0.3 is 29.7 Å². The van der Waals surface area contributed by atoms with Crippen LogP contribution in [0, 0.1) is 12.8 Å². The number of rotatable bonds is 15. The van der Waals surface area contributed by atoms with E-state index in [0.717, 1.165) is 36.0 Å². The number of piperidine rings is 1. The minimum absolute atomic E-state index is 0.118. The number of carbonyl (C=O) groups excluding carboxylic acids is 4. The fraction of sp³-hybridized carbons (Fsp3) is 0.590. The van der Waals surface area contributed by atoms with Crippen molar-refractivity contribution >= 4 is 23.9 Å². The van der Waals surface area contributed by atoms with Gasteiger partial charge >= 0.3 is 12.1 Å². The van der Waals surface area contributed by atoms with Crippen molar-refractivity contribution < 1.29 is 33.4 Å². The van der Waals surface area contributed by atoms with Crippen molar-refractivity contribution in [1.29, 1.82) is 0 Å². The number of amides is 3. The third kappa shape index (κ3) is 15.3. The molecule has 2 unspecified atom stereocenters. The second-order valence-corrected chi connectivity index (χ2v) is 15.0. The fourth-order valence-electron chi connectivity index (χ4n) is 5.65. The van der Waals surface area contributed by atoms with E-state index in [1.807, 2.05) is 76.2 Å². The molecule has 49 heavy (non-hydrogen) atoms. The lowest BCUT2D eigenvalue weighted by atomic mass is 9.95. The van der Waals surface area contributed by atoms with Crippen molar-refractivity contribution in [2.24, 2.45) is 5.92 Å². The molecule has 10 heteroatoms. The fourth-order valence-corrected chi connectivity index (χ4v) is 5.65. The number of hydrogen-bond acceptors (Lipinski definition) is 7. The third-order valence-electron chi connectivity index (χ3n) is 8.16. The third-order valence-corrected chi connectivity index (χ3v) is 8.16. The van der Waals surface area contributed by atoms with Crippen molar-refractivity contribution in [1.82, 2.24) is 15.5 Å². The minimum Gasteiger partial charge on any atom is -0.494 e. The average Bonchev–Trinajstić information content (AvgIpc) is 3.02. The maximum Gasteiger partial charge on any atom is 0.410 e. The summed E-state index contributed by atoms with van der Waals surface area (Å²) in [7, 11) is 0. The highest BCUT2D eigenvalue weighted by Gasteiger charge is 2.28. The normalized spacial score (nSPS) is 15.6. The van der Waals surface area contributed by atoms with Crippen molar-refractivity contribution in [3.05, 3.63) is 65.2 Å². The lowest BCUT2D eigenvalue weighted by molar-refractivity contribution is -0.155. The van der Waals surface area contributed by atoms with Crippen LogP contribution in [0.4, 0.5) is 4.79 Å². The second kappa shape index (κ2) is 18.6. The SMILES string of the molecule is Cc1ccc(OCCC2CCCN(C(=O)OC(C)(C)C)C2)cc1CNC(=O)C(CCc1ccccc1)NC(=O)CCCC(=O)OC(C)(C)C. The highest BCUT2D eigenvalue weighted by atomic mass is 16.6. The zero-order chi connectivity index (χ0) is 36.0. The molecular formula is C39H57N3O7. The standard InChI is InChI=1S/C39H57N3O7/c1-28-18-20-32(47-24-22-30-15-12-23-42(27-30)37(46)49-39(5,6)7)25-31(28)26-40-36(45)33(21-19-29-13-9-8-10-14-29)41-34(43)16-11-17-35(44)48-38(2,3)4/h8-10,13-14,18,20,25,30,33H,11-12,15-17,19,21-24,26-27H2,1-7H3,(H,40,45)(H,41,43). The van der Waals surface area contributed by atoms with Gasteiger partial charge in [0, 0.05) is 32.5 Å². The molecule has 10 nitrogen and oxygen atoms in total. The van der Waals surface area contributed by atoms with Crippen LogP contribution in [0.5, 0.6) is 5.75 Å². The van der Waals surface area contributed by atoms with E-state index >= 15 is 0 Å². The van der Waals surface area contributed by atoms with Gasteiger partial charge in [0.25, 0.3) is 0 Å². The summed E-state index contributed by atoms with van der Waals surface area (Å²) in [4.78, 5) is 52.7. The molecule has 2 aromatic rings. The van der Waals surface area contributed by atoms with E-state index in [0.29, 0.717) is 50.6 Å². The van der Waals surface area contributed by atoms with Crippen LogP contribution in [0.25, 0.3) is 0 Å². The summed E-state index contributed by atoms with van der Waals surface area (Å²) in [5, 5.41) is 5.91. The van der Waals surface area contributed by atoms with Gasteiger partial charge in [-0.1, -0.05) is 36.4 Å². The van der Waals surface area contributed by atoms with Crippen LogP contribution in [0.2, 0.25) is 0 Å². The summed E-state index contributed by atoms with van der Waals surface area (Å²) >= 11 is 0. The van der Waals surface area contributed by atoms with Gasteiger partial charge in [-0.2, -0.15) is 0 Å². The molecule has 0 saturated carbocycles. The molecule has 0 spiro atoms. The predicted molar refractivity (Wildman–Crippen MR) is 190 cm³/mol. The zero-order valence-electron chi connectivity index (χ0n) is 30.6. The van der Waals surface area contributed by atoms with Gasteiger partial charge in [0.05, 0.1) is 6.61 Å².